The smallest absolute Gasteiger partial charge is 0.282 e. The summed E-state index contributed by atoms with van der Waals surface area (Å²) in [5.74, 6) is 1.84. The van der Waals surface area contributed by atoms with Crippen LogP contribution in [0.1, 0.15) is 27.0 Å². The number of hydrogen-bond donors (Lipinski definition) is 2. The van der Waals surface area contributed by atoms with E-state index in [0.717, 1.165) is 5.56 Å². The zero-order valence-corrected chi connectivity index (χ0v) is 27.4. The summed E-state index contributed by atoms with van der Waals surface area (Å²) in [6.07, 6.45) is 0. The van der Waals surface area contributed by atoms with Gasteiger partial charge in [-0.25, -0.2) is 0 Å². The van der Waals surface area contributed by atoms with Crippen molar-refractivity contribution in [3.8, 4) is 23.0 Å². The van der Waals surface area contributed by atoms with Gasteiger partial charge in [0.25, 0.3) is 17.3 Å². The molecule has 0 saturated heterocycles. The Morgan fingerprint density at radius 3 is 1.57 bits per heavy atom. The van der Waals surface area contributed by atoms with E-state index in [0.29, 0.717) is 52.2 Å². The van der Waals surface area contributed by atoms with Crippen LogP contribution in [-0.2, 0) is 19.6 Å². The number of nitrogens with one attached hydrogen (secondary N) is 2. The van der Waals surface area contributed by atoms with Gasteiger partial charge in [-0.1, -0.05) is 35.3 Å². The third-order valence-electron chi connectivity index (χ3n) is 6.74. The maximum absolute atomic E-state index is 12.3. The lowest BCUT2D eigenvalue weighted by atomic mass is 10.1. The van der Waals surface area contributed by atoms with Gasteiger partial charge >= 0.3 is 0 Å². The van der Waals surface area contributed by atoms with Gasteiger partial charge in [0.2, 0.25) is 0 Å². The number of amides is 1. The summed E-state index contributed by atoms with van der Waals surface area (Å²) in [4.78, 5) is 33.4. The molecular formula is C32H32Cl2N4O9. The van der Waals surface area contributed by atoms with E-state index in [1.54, 1.807) is 38.5 Å². The lowest BCUT2D eigenvalue weighted by Crippen LogP contribution is -2.24. The van der Waals surface area contributed by atoms with Gasteiger partial charge in [0, 0.05) is 46.4 Å². The minimum atomic E-state index is -0.630. The van der Waals surface area contributed by atoms with Gasteiger partial charge in [-0.15, -0.1) is 0 Å². The summed E-state index contributed by atoms with van der Waals surface area (Å²) in [7, 11) is 6.17. The van der Waals surface area contributed by atoms with Gasteiger partial charge in [0.1, 0.15) is 28.6 Å². The van der Waals surface area contributed by atoms with E-state index >= 15 is 0 Å². The van der Waals surface area contributed by atoms with Crippen LogP contribution in [0.15, 0.2) is 72.8 Å². The van der Waals surface area contributed by atoms with Gasteiger partial charge in [0.05, 0.1) is 50.4 Å². The molecule has 0 atom stereocenters. The molecule has 0 bridgehead atoms. The molecule has 0 aliphatic heterocycles. The molecule has 4 rings (SSSR count). The highest BCUT2D eigenvalue weighted by atomic mass is 35.5. The lowest BCUT2D eigenvalue weighted by molar-refractivity contribution is -0.385. The monoisotopic (exact) mass is 686 g/mol. The van der Waals surface area contributed by atoms with Crippen LogP contribution < -0.4 is 29.6 Å². The Morgan fingerprint density at radius 1 is 0.660 bits per heavy atom. The van der Waals surface area contributed by atoms with E-state index in [-0.39, 0.29) is 28.5 Å². The van der Waals surface area contributed by atoms with Gasteiger partial charge in [-0.05, 0) is 48.5 Å². The van der Waals surface area contributed by atoms with Gasteiger partial charge in [-0.3, -0.25) is 25.0 Å². The molecule has 2 N–H and O–H groups in total. The summed E-state index contributed by atoms with van der Waals surface area (Å²) in [5, 5.41) is 28.6. The first-order chi connectivity index (χ1) is 22.5. The first-order valence-electron chi connectivity index (χ1n) is 13.8. The second-order valence-corrected chi connectivity index (χ2v) is 10.4. The standard InChI is InChI=1S/C16H15ClN2O5.C16H17ClN2O4/c1-23-14-4-3-5-15(24-2)12(14)9-18-16(20)11-8-10(17)6-7-13(11)19(21)22;1-22-15-4-3-5-16(23-2)13(15)10-18-9-11-8-12(17)6-7-14(11)19(20)21/h3-8H,9H2,1-2H3,(H,18,20);3-8,18H,9-10H2,1-2H3. The Morgan fingerprint density at radius 2 is 1.11 bits per heavy atom. The highest BCUT2D eigenvalue weighted by Crippen LogP contribution is 2.30. The van der Waals surface area contributed by atoms with Crippen molar-refractivity contribution in [2.75, 3.05) is 28.4 Å². The third kappa shape index (κ3) is 9.69. The number of carbonyl (C=O) groups excluding carboxylic acids is 1. The molecule has 15 heteroatoms. The average molecular weight is 688 g/mol. The van der Waals surface area contributed by atoms with Crippen LogP contribution in [0.3, 0.4) is 0 Å². The molecule has 4 aromatic rings. The second-order valence-electron chi connectivity index (χ2n) is 9.52. The molecule has 13 nitrogen and oxygen atoms in total. The summed E-state index contributed by atoms with van der Waals surface area (Å²) in [5.41, 5.74) is 1.61. The van der Waals surface area contributed by atoms with Crippen molar-refractivity contribution in [2.45, 2.75) is 19.6 Å². The molecule has 0 unspecified atom stereocenters. The number of hydrogen-bond acceptors (Lipinski definition) is 10. The van der Waals surface area contributed by atoms with E-state index < -0.39 is 15.8 Å². The number of rotatable bonds is 13. The van der Waals surface area contributed by atoms with Crippen LogP contribution in [-0.4, -0.2) is 44.2 Å². The largest absolute Gasteiger partial charge is 0.496 e. The first kappa shape index (κ1) is 36.4. The van der Waals surface area contributed by atoms with Crippen molar-refractivity contribution in [3.63, 3.8) is 0 Å². The highest BCUT2D eigenvalue weighted by Gasteiger charge is 2.21. The normalized spacial score (nSPS) is 10.3. The molecule has 0 aliphatic carbocycles. The van der Waals surface area contributed by atoms with E-state index in [9.17, 15) is 25.0 Å². The van der Waals surface area contributed by atoms with Crippen molar-refractivity contribution in [2.24, 2.45) is 0 Å². The minimum absolute atomic E-state index is 0.0360. The van der Waals surface area contributed by atoms with Crippen molar-refractivity contribution >= 4 is 40.5 Å². The number of nitro groups is 2. The molecule has 248 valence electrons. The van der Waals surface area contributed by atoms with Crippen LogP contribution in [0.4, 0.5) is 11.4 Å². The Bertz CT molecular complexity index is 1690. The predicted octanol–water partition coefficient (Wildman–Crippen LogP) is 6.75. The topological polar surface area (TPSA) is 164 Å². The zero-order valence-electron chi connectivity index (χ0n) is 25.9. The Hall–Kier alpha value is -5.11. The first-order valence-corrected chi connectivity index (χ1v) is 14.6. The number of ether oxygens (including phenoxy) is 4. The zero-order chi connectivity index (χ0) is 34.5. The van der Waals surface area contributed by atoms with Crippen LogP contribution in [0.5, 0.6) is 23.0 Å². The fourth-order valence-electron chi connectivity index (χ4n) is 4.51. The number of methoxy groups -OCH3 is 4. The third-order valence-corrected chi connectivity index (χ3v) is 7.21. The number of nitrogens with zero attached hydrogens (tertiary/aromatic N) is 2. The van der Waals surface area contributed by atoms with Gasteiger partial charge in [-0.2, -0.15) is 0 Å². The van der Waals surface area contributed by atoms with Crippen molar-refractivity contribution in [1.82, 2.24) is 10.6 Å². The van der Waals surface area contributed by atoms with Crippen LogP contribution in [0.2, 0.25) is 10.0 Å². The van der Waals surface area contributed by atoms with Crippen molar-refractivity contribution in [3.05, 3.63) is 125 Å². The van der Waals surface area contributed by atoms with E-state index in [1.165, 1.54) is 44.6 Å². The molecule has 0 heterocycles. The molecule has 0 saturated carbocycles. The Kier molecular flexibility index (Phi) is 13.6. The van der Waals surface area contributed by atoms with Crippen molar-refractivity contribution < 1.29 is 33.6 Å². The minimum Gasteiger partial charge on any atom is -0.496 e. The summed E-state index contributed by atoms with van der Waals surface area (Å²) < 4.78 is 21.1. The second kappa shape index (κ2) is 17.5. The maximum atomic E-state index is 12.3. The van der Waals surface area contributed by atoms with E-state index in [1.807, 2.05) is 18.2 Å². The van der Waals surface area contributed by atoms with Crippen molar-refractivity contribution in [1.29, 1.82) is 0 Å². The SMILES string of the molecule is COc1cccc(OC)c1CNC(=O)c1cc(Cl)ccc1[N+](=O)[O-].COc1cccc(OC)c1CNCc1cc(Cl)ccc1[N+](=O)[O-]. The molecule has 47 heavy (non-hydrogen) atoms. The molecule has 0 aliphatic rings. The quantitative estimate of drug-likeness (QED) is 0.113. The highest BCUT2D eigenvalue weighted by molar-refractivity contribution is 6.31. The fourth-order valence-corrected chi connectivity index (χ4v) is 4.88. The Balaban J connectivity index is 0.000000256. The predicted molar refractivity (Wildman–Crippen MR) is 177 cm³/mol. The lowest BCUT2D eigenvalue weighted by Gasteiger charge is -2.13. The van der Waals surface area contributed by atoms with E-state index in [2.05, 4.69) is 10.6 Å². The van der Waals surface area contributed by atoms with E-state index in [4.69, 9.17) is 42.1 Å². The molecule has 0 fully saturated rings. The summed E-state index contributed by atoms with van der Waals surface area (Å²) >= 11 is 11.8. The number of halogens is 2. The number of nitro benzene ring substituents is 2. The molecule has 4 aromatic carbocycles. The number of benzene rings is 4. The summed E-state index contributed by atoms with van der Waals surface area (Å²) in [6.45, 7) is 0.824. The summed E-state index contributed by atoms with van der Waals surface area (Å²) in [6, 6.07) is 19.0. The molecular weight excluding hydrogens is 655 g/mol. The van der Waals surface area contributed by atoms with Gasteiger partial charge in [0.15, 0.2) is 0 Å². The van der Waals surface area contributed by atoms with Crippen LogP contribution >= 0.6 is 23.2 Å². The fraction of sp³-hybridized carbons (Fsp3) is 0.219. The average Bonchev–Trinajstić information content (AvgIpc) is 3.06. The molecule has 1 amide bonds. The maximum Gasteiger partial charge on any atom is 0.282 e. The van der Waals surface area contributed by atoms with Crippen LogP contribution in [0, 0.1) is 20.2 Å². The molecule has 0 spiro atoms. The Labute approximate surface area is 280 Å². The molecule has 0 aromatic heterocycles. The number of carbonyl (C=O) groups is 1. The van der Waals surface area contributed by atoms with Gasteiger partial charge < -0.3 is 29.6 Å². The van der Waals surface area contributed by atoms with Crippen LogP contribution in [0.25, 0.3) is 0 Å². The molecule has 0 radical (unpaired) electrons.